The number of carbonyl (C=O) groups is 1. The lowest BCUT2D eigenvalue weighted by atomic mass is 10.1. The Bertz CT molecular complexity index is 870. The summed E-state index contributed by atoms with van der Waals surface area (Å²) in [4.78, 5) is 12.2. The summed E-state index contributed by atoms with van der Waals surface area (Å²) >= 11 is 0. The highest BCUT2D eigenvalue weighted by Crippen LogP contribution is 2.21. The minimum Gasteiger partial charge on any atom is -0.347 e. The lowest BCUT2D eigenvalue weighted by Gasteiger charge is -2.23. The van der Waals surface area contributed by atoms with Gasteiger partial charge in [-0.1, -0.05) is 12.1 Å². The fraction of sp³-hybridized carbons (Fsp3) is 0.316. The van der Waals surface area contributed by atoms with Gasteiger partial charge >= 0.3 is 0 Å². The second-order valence-corrected chi connectivity index (χ2v) is 9.05. The Morgan fingerprint density at radius 3 is 2.04 bits per heavy atom. The second kappa shape index (κ2) is 7.45. The van der Waals surface area contributed by atoms with E-state index in [0.717, 1.165) is 6.26 Å². The zero-order chi connectivity index (χ0) is 19.5. The normalized spacial score (nSPS) is 11.9. The van der Waals surface area contributed by atoms with Gasteiger partial charge in [-0.05, 0) is 62.7 Å². The number of anilines is 1. The summed E-state index contributed by atoms with van der Waals surface area (Å²) in [5.41, 5.74) is 1.17. The number of hydrogen-bond acceptors (Lipinski definition) is 3. The van der Waals surface area contributed by atoms with Crippen LogP contribution in [-0.2, 0) is 16.6 Å². The highest BCUT2D eigenvalue weighted by atomic mass is 32.2. The molecule has 0 aromatic heterocycles. The third-order valence-electron chi connectivity index (χ3n) is 3.55. The number of hydrogen-bond donors (Lipinski definition) is 1. The molecular formula is C19H23FN2O3S. The Balaban J connectivity index is 2.26. The Morgan fingerprint density at radius 1 is 1.04 bits per heavy atom. The van der Waals surface area contributed by atoms with Gasteiger partial charge in [0.05, 0.1) is 18.5 Å². The van der Waals surface area contributed by atoms with E-state index in [1.807, 2.05) is 20.8 Å². The van der Waals surface area contributed by atoms with Crippen molar-refractivity contribution < 1.29 is 17.6 Å². The minimum absolute atomic E-state index is 0.0760. The fourth-order valence-corrected chi connectivity index (χ4v) is 3.24. The van der Waals surface area contributed by atoms with E-state index in [9.17, 15) is 17.6 Å². The maximum Gasteiger partial charge on any atom is 0.251 e. The summed E-state index contributed by atoms with van der Waals surface area (Å²) in [5, 5.41) is 2.85. The number of sulfonamides is 1. The van der Waals surface area contributed by atoms with Gasteiger partial charge < -0.3 is 5.32 Å². The van der Waals surface area contributed by atoms with Crippen molar-refractivity contribution >= 4 is 21.6 Å². The molecule has 2 aromatic carbocycles. The molecule has 140 valence electrons. The molecule has 0 fully saturated rings. The molecule has 26 heavy (non-hydrogen) atoms. The van der Waals surface area contributed by atoms with Crippen molar-refractivity contribution in [2.75, 3.05) is 10.6 Å². The first-order valence-electron chi connectivity index (χ1n) is 8.10. The van der Waals surface area contributed by atoms with E-state index in [2.05, 4.69) is 5.32 Å². The molecule has 7 heteroatoms. The number of rotatable bonds is 5. The molecule has 2 rings (SSSR count). The van der Waals surface area contributed by atoms with E-state index < -0.39 is 10.0 Å². The molecule has 0 saturated carbocycles. The maximum absolute atomic E-state index is 13.0. The van der Waals surface area contributed by atoms with E-state index in [0.29, 0.717) is 16.8 Å². The predicted molar refractivity (Wildman–Crippen MR) is 101 cm³/mol. The molecule has 2 aromatic rings. The Labute approximate surface area is 153 Å². The molecule has 0 radical (unpaired) electrons. The highest BCUT2D eigenvalue weighted by Gasteiger charge is 2.19. The summed E-state index contributed by atoms with van der Waals surface area (Å²) < 4.78 is 38.6. The number of nitrogens with zero attached hydrogens (tertiary/aromatic N) is 1. The standard InChI is InChI=1S/C19H23FN2O3S/c1-19(2,3)21-18(23)15-7-11-17(12-8-15)22(26(4,24)25)13-14-5-9-16(20)10-6-14/h5-12H,13H2,1-4H3,(H,21,23). The SMILES string of the molecule is CC(C)(C)NC(=O)c1ccc(N(Cc2ccc(F)cc2)S(C)(=O)=O)cc1. The van der Waals surface area contributed by atoms with Crippen LogP contribution in [0.4, 0.5) is 10.1 Å². The summed E-state index contributed by atoms with van der Waals surface area (Å²) in [5.74, 6) is -0.609. The number of carbonyl (C=O) groups excluding carboxylic acids is 1. The Hall–Kier alpha value is -2.41. The lowest BCUT2D eigenvalue weighted by molar-refractivity contribution is 0.0919. The highest BCUT2D eigenvalue weighted by molar-refractivity contribution is 7.92. The van der Waals surface area contributed by atoms with Crippen molar-refractivity contribution in [1.82, 2.24) is 5.32 Å². The van der Waals surface area contributed by atoms with Crippen LogP contribution in [0.1, 0.15) is 36.7 Å². The summed E-state index contributed by atoms with van der Waals surface area (Å²) in [7, 11) is -3.55. The first kappa shape index (κ1) is 19.9. The van der Waals surface area contributed by atoms with Crippen molar-refractivity contribution in [1.29, 1.82) is 0 Å². The molecule has 0 aliphatic rings. The lowest BCUT2D eigenvalue weighted by Crippen LogP contribution is -2.40. The number of halogens is 1. The van der Waals surface area contributed by atoms with Crippen LogP contribution in [0.3, 0.4) is 0 Å². The molecule has 5 nitrogen and oxygen atoms in total. The molecule has 0 aliphatic heterocycles. The average Bonchev–Trinajstić information content (AvgIpc) is 2.52. The van der Waals surface area contributed by atoms with Gasteiger partial charge in [-0.3, -0.25) is 9.10 Å². The molecular weight excluding hydrogens is 355 g/mol. The third kappa shape index (κ3) is 5.56. The second-order valence-electron chi connectivity index (χ2n) is 7.15. The summed E-state index contributed by atoms with van der Waals surface area (Å²) in [6.45, 7) is 5.72. The minimum atomic E-state index is -3.55. The van der Waals surface area contributed by atoms with Crippen LogP contribution in [0.15, 0.2) is 48.5 Å². The third-order valence-corrected chi connectivity index (χ3v) is 4.69. The van der Waals surface area contributed by atoms with Crippen LogP contribution in [0.5, 0.6) is 0 Å². The first-order valence-corrected chi connectivity index (χ1v) is 9.95. The quantitative estimate of drug-likeness (QED) is 0.868. The zero-order valence-electron chi connectivity index (χ0n) is 15.3. The summed E-state index contributed by atoms with van der Waals surface area (Å²) in [6, 6.07) is 12.0. The van der Waals surface area contributed by atoms with Gasteiger partial charge in [-0.15, -0.1) is 0 Å². The average molecular weight is 378 g/mol. The van der Waals surface area contributed by atoms with Gasteiger partial charge in [-0.2, -0.15) is 0 Å². The van der Waals surface area contributed by atoms with E-state index in [1.54, 1.807) is 36.4 Å². The molecule has 0 unspecified atom stereocenters. The molecule has 0 aliphatic carbocycles. The van der Waals surface area contributed by atoms with Crippen LogP contribution >= 0.6 is 0 Å². The molecule has 0 bridgehead atoms. The molecule has 0 spiro atoms. The maximum atomic E-state index is 13.0. The molecule has 0 atom stereocenters. The van der Waals surface area contributed by atoms with E-state index in [4.69, 9.17) is 0 Å². The van der Waals surface area contributed by atoms with Crippen molar-refractivity contribution in [3.63, 3.8) is 0 Å². The Kier molecular flexibility index (Phi) is 5.71. The van der Waals surface area contributed by atoms with Crippen LogP contribution < -0.4 is 9.62 Å². The van der Waals surface area contributed by atoms with Crippen molar-refractivity contribution in [3.8, 4) is 0 Å². The molecule has 0 heterocycles. The summed E-state index contributed by atoms with van der Waals surface area (Å²) in [6.07, 6.45) is 1.11. The predicted octanol–water partition coefficient (Wildman–Crippen LogP) is 3.32. The van der Waals surface area contributed by atoms with E-state index in [1.165, 1.54) is 16.4 Å². The molecule has 0 saturated heterocycles. The van der Waals surface area contributed by atoms with Gasteiger partial charge in [0, 0.05) is 11.1 Å². The smallest absolute Gasteiger partial charge is 0.251 e. The monoisotopic (exact) mass is 378 g/mol. The van der Waals surface area contributed by atoms with Crippen molar-refractivity contribution in [2.24, 2.45) is 0 Å². The zero-order valence-corrected chi connectivity index (χ0v) is 16.1. The van der Waals surface area contributed by atoms with Gasteiger partial charge in [-0.25, -0.2) is 12.8 Å². The molecule has 1 amide bonds. The van der Waals surface area contributed by atoms with Gasteiger partial charge in [0.1, 0.15) is 5.82 Å². The van der Waals surface area contributed by atoms with Gasteiger partial charge in [0.25, 0.3) is 5.91 Å². The van der Waals surface area contributed by atoms with Crippen LogP contribution in [0.25, 0.3) is 0 Å². The van der Waals surface area contributed by atoms with Gasteiger partial charge in [0.2, 0.25) is 10.0 Å². The van der Waals surface area contributed by atoms with Crippen LogP contribution in [0.2, 0.25) is 0 Å². The largest absolute Gasteiger partial charge is 0.347 e. The van der Waals surface area contributed by atoms with Gasteiger partial charge in [0.15, 0.2) is 0 Å². The number of amides is 1. The number of benzene rings is 2. The van der Waals surface area contributed by atoms with Crippen molar-refractivity contribution in [3.05, 3.63) is 65.5 Å². The Morgan fingerprint density at radius 2 is 1.58 bits per heavy atom. The van der Waals surface area contributed by atoms with E-state index >= 15 is 0 Å². The van der Waals surface area contributed by atoms with E-state index in [-0.39, 0.29) is 23.8 Å². The number of nitrogens with one attached hydrogen (secondary N) is 1. The molecule has 1 N–H and O–H groups in total. The van der Waals surface area contributed by atoms with Crippen LogP contribution in [0, 0.1) is 5.82 Å². The van der Waals surface area contributed by atoms with Crippen LogP contribution in [-0.4, -0.2) is 26.1 Å². The van der Waals surface area contributed by atoms with Crippen molar-refractivity contribution in [2.45, 2.75) is 32.9 Å². The fourth-order valence-electron chi connectivity index (χ4n) is 2.35. The topological polar surface area (TPSA) is 66.5 Å². The first-order chi connectivity index (χ1) is 12.0.